The van der Waals surface area contributed by atoms with E-state index in [0.29, 0.717) is 25.0 Å². The highest BCUT2D eigenvalue weighted by Gasteiger charge is 2.32. The van der Waals surface area contributed by atoms with Gasteiger partial charge in [0.15, 0.2) is 0 Å². The Kier molecular flexibility index (Phi) is 5.91. The highest BCUT2D eigenvalue weighted by atomic mass is 32.1. The van der Waals surface area contributed by atoms with E-state index in [0.717, 1.165) is 19.6 Å². The summed E-state index contributed by atoms with van der Waals surface area (Å²) in [5.41, 5.74) is 0. The molecule has 0 radical (unpaired) electrons. The van der Waals surface area contributed by atoms with Crippen LogP contribution in [0.4, 0.5) is 4.79 Å². The molecule has 0 bridgehead atoms. The van der Waals surface area contributed by atoms with Crippen LogP contribution in [-0.2, 0) is 11.2 Å². The Labute approximate surface area is 142 Å². The van der Waals surface area contributed by atoms with Crippen LogP contribution in [0.1, 0.15) is 24.6 Å². The lowest BCUT2D eigenvalue weighted by atomic mass is 10.1. The molecule has 2 fully saturated rings. The van der Waals surface area contributed by atoms with E-state index in [4.69, 9.17) is 4.74 Å². The third-order valence-electron chi connectivity index (χ3n) is 4.69. The van der Waals surface area contributed by atoms with Gasteiger partial charge in [0.1, 0.15) is 0 Å². The smallest absolute Gasteiger partial charge is 0.314 e. The van der Waals surface area contributed by atoms with Gasteiger partial charge in [0.25, 0.3) is 0 Å². The topological polar surface area (TPSA) is 53.6 Å². The zero-order chi connectivity index (χ0) is 16.1. The lowest BCUT2D eigenvalue weighted by molar-refractivity contribution is -0.0457. The Hall–Kier alpha value is -1.11. The van der Waals surface area contributed by atoms with Gasteiger partial charge in [-0.15, -0.1) is 11.3 Å². The van der Waals surface area contributed by atoms with E-state index in [2.05, 4.69) is 40.0 Å². The van der Waals surface area contributed by atoms with Gasteiger partial charge in [0.2, 0.25) is 0 Å². The first-order chi connectivity index (χ1) is 11.2. The standard InChI is InChI=1S/C17H27N3O2S/c1-13(8-16-5-3-7-23-16)9-18-17(21)19-10-15-11-20-6-2-4-14(20)12-22-15/h3,5,7,13-15H,2,4,6,8-12H2,1H3,(H2,18,19,21)/t13-,14-,15+/m0/s1. The SMILES string of the molecule is C[C@H](CNC(=O)NC[C@@H]1CN2CCC[C@H]2CO1)Cc1cccs1. The average Bonchev–Trinajstić information content (AvgIpc) is 3.21. The fourth-order valence-electron chi connectivity index (χ4n) is 3.39. The molecule has 0 aliphatic carbocycles. The molecule has 5 nitrogen and oxygen atoms in total. The second-order valence-electron chi connectivity index (χ2n) is 6.73. The zero-order valence-corrected chi connectivity index (χ0v) is 14.6. The number of amides is 2. The van der Waals surface area contributed by atoms with E-state index in [9.17, 15) is 4.79 Å². The molecule has 2 aliphatic heterocycles. The van der Waals surface area contributed by atoms with Crippen LogP contribution in [-0.4, -0.2) is 55.9 Å². The van der Waals surface area contributed by atoms with Gasteiger partial charge in [-0.2, -0.15) is 0 Å². The van der Waals surface area contributed by atoms with Crippen molar-refractivity contribution in [3.05, 3.63) is 22.4 Å². The van der Waals surface area contributed by atoms with E-state index in [1.165, 1.54) is 24.3 Å². The Morgan fingerprint density at radius 1 is 1.52 bits per heavy atom. The van der Waals surface area contributed by atoms with Gasteiger partial charge in [0.05, 0.1) is 12.7 Å². The number of hydrogen-bond acceptors (Lipinski definition) is 4. The Bertz CT molecular complexity index is 494. The van der Waals surface area contributed by atoms with Crippen LogP contribution in [0.15, 0.2) is 17.5 Å². The molecule has 3 heterocycles. The summed E-state index contributed by atoms with van der Waals surface area (Å²) in [5.74, 6) is 0.440. The summed E-state index contributed by atoms with van der Waals surface area (Å²) < 4.78 is 5.86. The van der Waals surface area contributed by atoms with Gasteiger partial charge in [-0.1, -0.05) is 13.0 Å². The highest BCUT2D eigenvalue weighted by molar-refractivity contribution is 7.09. The average molecular weight is 337 g/mol. The van der Waals surface area contributed by atoms with Crippen molar-refractivity contribution in [2.45, 2.75) is 38.3 Å². The van der Waals surface area contributed by atoms with Gasteiger partial charge in [-0.3, -0.25) is 4.90 Å². The largest absolute Gasteiger partial charge is 0.373 e. The number of nitrogens with zero attached hydrogens (tertiary/aromatic N) is 1. The second kappa shape index (κ2) is 8.13. The number of carbonyl (C=O) groups is 1. The molecule has 0 aromatic carbocycles. The number of thiophene rings is 1. The molecular formula is C17H27N3O2S. The lowest BCUT2D eigenvalue weighted by Gasteiger charge is -2.35. The van der Waals surface area contributed by atoms with Crippen LogP contribution in [0.2, 0.25) is 0 Å². The first-order valence-electron chi connectivity index (χ1n) is 8.60. The Morgan fingerprint density at radius 2 is 2.43 bits per heavy atom. The van der Waals surface area contributed by atoms with E-state index in [1.807, 2.05) is 0 Å². The molecule has 0 unspecified atom stereocenters. The molecule has 2 N–H and O–H groups in total. The first-order valence-corrected chi connectivity index (χ1v) is 9.48. The predicted molar refractivity (Wildman–Crippen MR) is 92.9 cm³/mol. The van der Waals surface area contributed by atoms with Crippen molar-refractivity contribution in [1.82, 2.24) is 15.5 Å². The molecule has 3 rings (SSSR count). The van der Waals surface area contributed by atoms with E-state index in [-0.39, 0.29) is 12.1 Å². The summed E-state index contributed by atoms with van der Waals surface area (Å²) in [6, 6.07) is 4.74. The third kappa shape index (κ3) is 4.93. The summed E-state index contributed by atoms with van der Waals surface area (Å²) in [6.45, 7) is 6.39. The quantitative estimate of drug-likeness (QED) is 0.836. The summed E-state index contributed by atoms with van der Waals surface area (Å²) in [7, 11) is 0. The molecular weight excluding hydrogens is 310 g/mol. The minimum atomic E-state index is -0.0878. The number of carbonyl (C=O) groups excluding carboxylic acids is 1. The fraction of sp³-hybridized carbons (Fsp3) is 0.706. The van der Waals surface area contributed by atoms with Crippen LogP contribution >= 0.6 is 11.3 Å². The van der Waals surface area contributed by atoms with Crippen molar-refractivity contribution >= 4 is 17.4 Å². The van der Waals surface area contributed by atoms with Crippen molar-refractivity contribution in [2.24, 2.45) is 5.92 Å². The zero-order valence-electron chi connectivity index (χ0n) is 13.8. The van der Waals surface area contributed by atoms with Gasteiger partial charge >= 0.3 is 6.03 Å². The molecule has 23 heavy (non-hydrogen) atoms. The Balaban J connectivity index is 1.30. The van der Waals surface area contributed by atoms with Crippen molar-refractivity contribution in [3.63, 3.8) is 0 Å². The predicted octanol–water partition coefficient (Wildman–Crippen LogP) is 2.09. The number of ether oxygens (including phenoxy) is 1. The van der Waals surface area contributed by atoms with Crippen LogP contribution in [0.3, 0.4) is 0 Å². The number of urea groups is 1. The summed E-state index contributed by atoms with van der Waals surface area (Å²) >= 11 is 1.77. The van der Waals surface area contributed by atoms with E-state index < -0.39 is 0 Å². The molecule has 2 amide bonds. The summed E-state index contributed by atoms with van der Waals surface area (Å²) in [6.07, 6.45) is 3.66. The molecule has 0 spiro atoms. The number of nitrogens with one attached hydrogen (secondary N) is 2. The van der Waals surface area contributed by atoms with Crippen molar-refractivity contribution < 1.29 is 9.53 Å². The first kappa shape index (κ1) is 16.7. The minimum Gasteiger partial charge on any atom is -0.373 e. The monoisotopic (exact) mass is 337 g/mol. The van der Waals surface area contributed by atoms with Crippen LogP contribution in [0.5, 0.6) is 0 Å². The van der Waals surface area contributed by atoms with Gasteiger partial charge < -0.3 is 15.4 Å². The number of hydrogen-bond donors (Lipinski definition) is 2. The van der Waals surface area contributed by atoms with Crippen LogP contribution in [0, 0.1) is 5.92 Å². The Morgan fingerprint density at radius 3 is 3.26 bits per heavy atom. The van der Waals surface area contributed by atoms with E-state index in [1.54, 1.807) is 11.3 Å². The normalized spacial score (nSPS) is 25.8. The number of rotatable bonds is 6. The van der Waals surface area contributed by atoms with Crippen molar-refractivity contribution in [1.29, 1.82) is 0 Å². The molecule has 128 valence electrons. The lowest BCUT2D eigenvalue weighted by Crippen LogP contribution is -2.51. The minimum absolute atomic E-state index is 0.0878. The van der Waals surface area contributed by atoms with Gasteiger partial charge in [-0.05, 0) is 43.2 Å². The maximum Gasteiger partial charge on any atom is 0.314 e. The second-order valence-corrected chi connectivity index (χ2v) is 7.76. The maximum absolute atomic E-state index is 11.9. The van der Waals surface area contributed by atoms with Gasteiger partial charge in [0, 0.05) is 30.6 Å². The molecule has 0 saturated carbocycles. The maximum atomic E-state index is 11.9. The number of morpholine rings is 1. The third-order valence-corrected chi connectivity index (χ3v) is 5.59. The summed E-state index contributed by atoms with van der Waals surface area (Å²) in [5, 5.41) is 8.01. The molecule has 6 heteroatoms. The number of fused-ring (bicyclic) bond motifs is 1. The fourth-order valence-corrected chi connectivity index (χ4v) is 4.26. The van der Waals surface area contributed by atoms with E-state index >= 15 is 0 Å². The van der Waals surface area contributed by atoms with Crippen LogP contribution in [0.25, 0.3) is 0 Å². The van der Waals surface area contributed by atoms with Crippen molar-refractivity contribution in [2.75, 3.05) is 32.8 Å². The molecule has 1 aromatic rings. The van der Waals surface area contributed by atoms with Crippen molar-refractivity contribution in [3.8, 4) is 0 Å². The summed E-state index contributed by atoms with van der Waals surface area (Å²) in [4.78, 5) is 15.8. The van der Waals surface area contributed by atoms with Gasteiger partial charge in [-0.25, -0.2) is 4.79 Å². The molecule has 2 saturated heterocycles. The highest BCUT2D eigenvalue weighted by Crippen LogP contribution is 2.22. The molecule has 2 aliphatic rings. The molecule has 1 aromatic heterocycles. The van der Waals surface area contributed by atoms with Crippen LogP contribution < -0.4 is 10.6 Å². The molecule has 3 atom stereocenters.